The monoisotopic (exact) mass is 465 g/mol. The maximum Gasteiger partial charge on any atom is 0.316 e. The van der Waals surface area contributed by atoms with Crippen molar-refractivity contribution in [1.82, 2.24) is 10.2 Å². The summed E-state index contributed by atoms with van der Waals surface area (Å²) in [6, 6.07) is 7.37. The summed E-state index contributed by atoms with van der Waals surface area (Å²) in [6.45, 7) is -0.120. The van der Waals surface area contributed by atoms with Crippen LogP contribution in [-0.4, -0.2) is 41.5 Å². The summed E-state index contributed by atoms with van der Waals surface area (Å²) in [5.41, 5.74) is 0. The summed E-state index contributed by atoms with van der Waals surface area (Å²) in [4.78, 5) is 22.8. The SMILES string of the molecule is COC(=O)CSc1nnc(NC(=O)COc2ccc(I)cc2)s1. The highest BCUT2D eigenvalue weighted by molar-refractivity contribution is 14.1. The summed E-state index contributed by atoms with van der Waals surface area (Å²) >= 11 is 4.57. The van der Waals surface area contributed by atoms with Gasteiger partial charge < -0.3 is 9.47 Å². The van der Waals surface area contributed by atoms with Crippen LogP contribution in [0.1, 0.15) is 0 Å². The van der Waals surface area contributed by atoms with Gasteiger partial charge in [-0.2, -0.15) is 0 Å². The van der Waals surface area contributed by atoms with Gasteiger partial charge in [-0.1, -0.05) is 23.1 Å². The molecule has 0 unspecified atom stereocenters. The second kappa shape index (κ2) is 9.03. The van der Waals surface area contributed by atoms with Crippen molar-refractivity contribution in [2.24, 2.45) is 0 Å². The van der Waals surface area contributed by atoms with E-state index in [1.165, 1.54) is 30.2 Å². The van der Waals surface area contributed by atoms with E-state index in [1.807, 2.05) is 12.1 Å². The Kier molecular flexibility index (Phi) is 7.05. The van der Waals surface area contributed by atoms with Crippen molar-refractivity contribution in [3.05, 3.63) is 27.8 Å². The van der Waals surface area contributed by atoms with Gasteiger partial charge in [-0.3, -0.25) is 14.9 Å². The van der Waals surface area contributed by atoms with Crippen molar-refractivity contribution in [1.29, 1.82) is 0 Å². The van der Waals surface area contributed by atoms with Gasteiger partial charge in [-0.15, -0.1) is 10.2 Å². The van der Waals surface area contributed by atoms with Gasteiger partial charge in [0.15, 0.2) is 10.9 Å². The lowest BCUT2D eigenvalue weighted by atomic mass is 10.3. The molecule has 2 rings (SSSR count). The van der Waals surface area contributed by atoms with Crippen LogP contribution in [-0.2, 0) is 14.3 Å². The van der Waals surface area contributed by atoms with Crippen molar-refractivity contribution in [3.63, 3.8) is 0 Å². The van der Waals surface area contributed by atoms with E-state index in [4.69, 9.17) is 4.74 Å². The highest BCUT2D eigenvalue weighted by Crippen LogP contribution is 2.25. The Labute approximate surface area is 154 Å². The molecule has 1 amide bonds. The molecule has 0 aliphatic heterocycles. The topological polar surface area (TPSA) is 90.4 Å². The molecule has 1 heterocycles. The van der Waals surface area contributed by atoms with Gasteiger partial charge in [0.25, 0.3) is 5.91 Å². The van der Waals surface area contributed by atoms with E-state index in [2.05, 4.69) is 42.8 Å². The third-order valence-corrected chi connectivity index (χ3v) is 5.04. The largest absolute Gasteiger partial charge is 0.484 e. The average molecular weight is 465 g/mol. The van der Waals surface area contributed by atoms with E-state index in [-0.39, 0.29) is 24.2 Å². The van der Waals surface area contributed by atoms with Crippen LogP contribution in [0.4, 0.5) is 5.13 Å². The summed E-state index contributed by atoms with van der Waals surface area (Å²) < 4.78 is 11.6. The Morgan fingerprint density at radius 1 is 1.30 bits per heavy atom. The molecule has 0 aliphatic rings. The molecule has 2 aromatic rings. The minimum Gasteiger partial charge on any atom is -0.484 e. The first-order chi connectivity index (χ1) is 11.1. The Bertz CT molecular complexity index is 678. The van der Waals surface area contributed by atoms with Crippen LogP contribution in [0.15, 0.2) is 28.6 Å². The van der Waals surface area contributed by atoms with E-state index >= 15 is 0 Å². The van der Waals surface area contributed by atoms with Crippen molar-refractivity contribution >= 4 is 62.7 Å². The van der Waals surface area contributed by atoms with E-state index in [0.29, 0.717) is 15.2 Å². The van der Waals surface area contributed by atoms with Gasteiger partial charge in [-0.25, -0.2) is 0 Å². The standard InChI is InChI=1S/C13H12IN3O4S2/c1-20-11(19)7-22-13-17-16-12(23-13)15-10(18)6-21-9-4-2-8(14)3-5-9/h2-5H,6-7H2,1H3,(H,15,16,18). The van der Waals surface area contributed by atoms with E-state index in [9.17, 15) is 9.59 Å². The van der Waals surface area contributed by atoms with Crippen molar-refractivity contribution in [2.45, 2.75) is 4.34 Å². The molecule has 0 radical (unpaired) electrons. The van der Waals surface area contributed by atoms with Gasteiger partial charge in [-0.05, 0) is 46.9 Å². The van der Waals surface area contributed by atoms with Crippen LogP contribution in [0.2, 0.25) is 0 Å². The number of carbonyl (C=O) groups excluding carboxylic acids is 2. The number of anilines is 1. The number of methoxy groups -OCH3 is 1. The summed E-state index contributed by atoms with van der Waals surface area (Å²) in [7, 11) is 1.32. The number of rotatable bonds is 7. The number of hydrogen-bond acceptors (Lipinski definition) is 8. The van der Waals surface area contributed by atoms with Crippen molar-refractivity contribution in [2.75, 3.05) is 24.8 Å². The molecule has 10 heteroatoms. The van der Waals surface area contributed by atoms with E-state index in [1.54, 1.807) is 12.1 Å². The molecule has 1 aromatic heterocycles. The predicted molar refractivity (Wildman–Crippen MR) is 95.9 cm³/mol. The smallest absolute Gasteiger partial charge is 0.316 e. The number of thioether (sulfide) groups is 1. The number of aromatic nitrogens is 2. The summed E-state index contributed by atoms with van der Waals surface area (Å²) in [5, 5.41) is 10.7. The maximum atomic E-state index is 11.8. The van der Waals surface area contributed by atoms with Crippen LogP contribution in [0.3, 0.4) is 0 Å². The Morgan fingerprint density at radius 3 is 2.74 bits per heavy atom. The van der Waals surface area contributed by atoms with Gasteiger partial charge in [0.1, 0.15) is 5.75 Å². The Hall–Kier alpha value is -1.40. The minimum absolute atomic E-state index is 0.120. The molecular formula is C13H12IN3O4S2. The number of esters is 1. The number of amides is 1. The van der Waals surface area contributed by atoms with Crippen LogP contribution < -0.4 is 10.1 Å². The number of hydrogen-bond donors (Lipinski definition) is 1. The highest BCUT2D eigenvalue weighted by atomic mass is 127. The second-order valence-electron chi connectivity index (χ2n) is 4.03. The van der Waals surface area contributed by atoms with Gasteiger partial charge in [0, 0.05) is 3.57 Å². The van der Waals surface area contributed by atoms with Gasteiger partial charge in [0.05, 0.1) is 12.9 Å². The molecule has 0 aliphatic carbocycles. The zero-order chi connectivity index (χ0) is 16.7. The molecule has 0 spiro atoms. The first-order valence-electron chi connectivity index (χ1n) is 6.28. The third-order valence-electron chi connectivity index (χ3n) is 2.38. The van der Waals surface area contributed by atoms with E-state index in [0.717, 1.165) is 3.57 Å². The fourth-order valence-corrected chi connectivity index (χ4v) is 3.29. The normalized spacial score (nSPS) is 10.2. The fraction of sp³-hybridized carbons (Fsp3) is 0.231. The highest BCUT2D eigenvalue weighted by Gasteiger charge is 2.11. The molecule has 122 valence electrons. The van der Waals surface area contributed by atoms with Crippen LogP contribution >= 0.6 is 45.7 Å². The average Bonchev–Trinajstić information content (AvgIpc) is 2.99. The first kappa shape index (κ1) is 17.9. The molecule has 0 saturated heterocycles. The minimum atomic E-state index is -0.346. The lowest BCUT2D eigenvalue weighted by molar-refractivity contribution is -0.137. The van der Waals surface area contributed by atoms with Gasteiger partial charge >= 0.3 is 5.97 Å². The van der Waals surface area contributed by atoms with Crippen LogP contribution in [0.5, 0.6) is 5.75 Å². The van der Waals surface area contributed by atoms with Crippen molar-refractivity contribution in [3.8, 4) is 5.75 Å². The molecule has 0 atom stereocenters. The van der Waals surface area contributed by atoms with Crippen LogP contribution in [0.25, 0.3) is 0 Å². The maximum absolute atomic E-state index is 11.8. The number of nitrogens with one attached hydrogen (secondary N) is 1. The second-order valence-corrected chi connectivity index (χ2v) is 7.47. The zero-order valence-electron chi connectivity index (χ0n) is 11.9. The molecule has 1 N–H and O–H groups in total. The number of halogens is 1. The van der Waals surface area contributed by atoms with Crippen LogP contribution in [0, 0.1) is 3.57 Å². The molecule has 0 fully saturated rings. The lowest BCUT2D eigenvalue weighted by Crippen LogP contribution is -2.20. The molecule has 0 bridgehead atoms. The molecule has 0 saturated carbocycles. The Balaban J connectivity index is 1.77. The fourth-order valence-electron chi connectivity index (χ4n) is 1.33. The molecule has 23 heavy (non-hydrogen) atoms. The zero-order valence-corrected chi connectivity index (χ0v) is 15.7. The molecule has 7 nitrogen and oxygen atoms in total. The summed E-state index contributed by atoms with van der Waals surface area (Å²) in [5.74, 6) is 0.0905. The quantitative estimate of drug-likeness (QED) is 0.291. The van der Waals surface area contributed by atoms with E-state index < -0.39 is 0 Å². The number of nitrogens with zero attached hydrogens (tertiary/aromatic N) is 2. The Morgan fingerprint density at radius 2 is 2.04 bits per heavy atom. The summed E-state index contributed by atoms with van der Waals surface area (Å²) in [6.07, 6.45) is 0. The first-order valence-corrected chi connectivity index (χ1v) is 9.16. The van der Waals surface area contributed by atoms with Crippen molar-refractivity contribution < 1.29 is 19.1 Å². The number of ether oxygens (including phenoxy) is 2. The lowest BCUT2D eigenvalue weighted by Gasteiger charge is -2.05. The molecular weight excluding hydrogens is 453 g/mol. The predicted octanol–water partition coefficient (Wildman–Crippen LogP) is 2.43. The number of benzene rings is 1. The molecule has 1 aromatic carbocycles. The third kappa shape index (κ3) is 6.31. The number of carbonyl (C=O) groups is 2. The van der Waals surface area contributed by atoms with Gasteiger partial charge in [0.2, 0.25) is 5.13 Å².